The minimum atomic E-state index is -3.67. The molecule has 1 heterocycles. The fourth-order valence-corrected chi connectivity index (χ4v) is 6.31. The highest BCUT2D eigenvalue weighted by atomic mass is 32.2. The normalized spacial score (nSPS) is 11.9. The molecule has 5 aromatic rings. The second kappa shape index (κ2) is 9.54. The molecule has 4 aromatic carbocycles. The molecule has 1 aromatic heterocycles. The van der Waals surface area contributed by atoms with Gasteiger partial charge in [-0.1, -0.05) is 84.1 Å². The molecule has 172 valence electrons. The van der Waals surface area contributed by atoms with Gasteiger partial charge in [-0.05, 0) is 52.9 Å². The van der Waals surface area contributed by atoms with E-state index in [-0.39, 0.29) is 9.77 Å². The lowest BCUT2D eigenvalue weighted by Crippen LogP contribution is -2.25. The molecular formula is C27H24N2O3S2. The molecule has 0 saturated heterocycles. The number of nitrogens with one attached hydrogen (secondary N) is 1. The first kappa shape index (κ1) is 22.5. The van der Waals surface area contributed by atoms with E-state index in [1.807, 2.05) is 48.5 Å². The Kier molecular flexibility index (Phi) is 6.32. The zero-order valence-corrected chi connectivity index (χ0v) is 20.1. The molecule has 1 N–H and O–H groups in total. The van der Waals surface area contributed by atoms with Crippen LogP contribution in [0.5, 0.6) is 0 Å². The first-order chi connectivity index (χ1) is 16.5. The van der Waals surface area contributed by atoms with Gasteiger partial charge in [-0.15, -0.1) is 0 Å². The average molecular weight is 489 g/mol. The minimum absolute atomic E-state index is 0.101. The monoisotopic (exact) mass is 488 g/mol. The third-order valence-electron chi connectivity index (χ3n) is 5.93. The maximum atomic E-state index is 12.9. The third-order valence-corrected chi connectivity index (χ3v) is 8.33. The first-order valence-electron chi connectivity index (χ1n) is 11.1. The molecule has 5 rings (SSSR count). The van der Waals surface area contributed by atoms with E-state index in [0.29, 0.717) is 24.2 Å². The molecule has 0 aliphatic rings. The molecule has 0 spiro atoms. The van der Waals surface area contributed by atoms with Gasteiger partial charge in [0.1, 0.15) is 0 Å². The summed E-state index contributed by atoms with van der Waals surface area (Å²) in [5.41, 5.74) is 2.98. The zero-order valence-electron chi connectivity index (χ0n) is 18.5. The van der Waals surface area contributed by atoms with Crippen LogP contribution in [0.4, 0.5) is 0 Å². The van der Waals surface area contributed by atoms with Crippen molar-refractivity contribution in [3.05, 3.63) is 112 Å². The van der Waals surface area contributed by atoms with Crippen molar-refractivity contribution in [1.29, 1.82) is 0 Å². The highest BCUT2D eigenvalue weighted by Gasteiger charge is 2.16. The van der Waals surface area contributed by atoms with Gasteiger partial charge in [0.25, 0.3) is 0 Å². The quantitative estimate of drug-likeness (QED) is 0.306. The van der Waals surface area contributed by atoms with Crippen LogP contribution in [0, 0.1) is 0 Å². The predicted octanol–water partition coefficient (Wildman–Crippen LogP) is 5.18. The van der Waals surface area contributed by atoms with E-state index in [1.54, 1.807) is 22.8 Å². The standard InChI is InChI=1S/C27H24N2O3S2/c30-27-29(19-20-8-2-1-3-9-20)25-16-15-23(18-26(25)33-27)34(31,32)28-17-7-13-22-12-6-11-21-10-4-5-14-24(21)22/h1-6,8-12,14-16,18,28H,7,13,17,19H2. The molecule has 5 nitrogen and oxygen atoms in total. The van der Waals surface area contributed by atoms with Crippen LogP contribution in [0.2, 0.25) is 0 Å². The Labute approximate surface area is 202 Å². The molecule has 0 saturated carbocycles. The van der Waals surface area contributed by atoms with Crippen LogP contribution in [-0.4, -0.2) is 19.5 Å². The van der Waals surface area contributed by atoms with Crippen LogP contribution < -0.4 is 9.60 Å². The van der Waals surface area contributed by atoms with E-state index < -0.39 is 10.0 Å². The summed E-state index contributed by atoms with van der Waals surface area (Å²) < 4.78 is 30.8. The molecule has 0 aliphatic carbocycles. The summed E-state index contributed by atoms with van der Waals surface area (Å²) in [5.74, 6) is 0. The smallest absolute Gasteiger partial charge is 0.294 e. The Bertz CT molecular complexity index is 1620. The van der Waals surface area contributed by atoms with E-state index in [4.69, 9.17) is 0 Å². The summed E-state index contributed by atoms with van der Waals surface area (Å²) in [5, 5.41) is 2.39. The van der Waals surface area contributed by atoms with Crippen LogP contribution in [-0.2, 0) is 23.0 Å². The topological polar surface area (TPSA) is 68.2 Å². The number of hydrogen-bond donors (Lipinski definition) is 1. The fourth-order valence-electron chi connectivity index (χ4n) is 4.21. The molecule has 0 fully saturated rings. The number of hydrogen-bond acceptors (Lipinski definition) is 4. The van der Waals surface area contributed by atoms with E-state index in [1.165, 1.54) is 16.3 Å². The number of thiazole rings is 1. The van der Waals surface area contributed by atoms with Gasteiger partial charge in [0.2, 0.25) is 10.0 Å². The number of sulfonamides is 1. The molecular weight excluding hydrogens is 464 g/mol. The van der Waals surface area contributed by atoms with Gasteiger partial charge < -0.3 is 0 Å². The Hall–Kier alpha value is -3.26. The van der Waals surface area contributed by atoms with Crippen molar-refractivity contribution in [2.24, 2.45) is 0 Å². The van der Waals surface area contributed by atoms with Gasteiger partial charge in [-0.2, -0.15) is 0 Å². The van der Waals surface area contributed by atoms with Crippen LogP contribution >= 0.6 is 11.3 Å². The molecule has 7 heteroatoms. The van der Waals surface area contributed by atoms with Gasteiger partial charge in [0, 0.05) is 6.54 Å². The van der Waals surface area contributed by atoms with Crippen molar-refractivity contribution in [3.63, 3.8) is 0 Å². The number of fused-ring (bicyclic) bond motifs is 2. The summed E-state index contributed by atoms with van der Waals surface area (Å²) in [6, 6.07) is 29.1. The Morgan fingerprint density at radius 1 is 0.853 bits per heavy atom. The number of rotatable bonds is 8. The van der Waals surface area contributed by atoms with Crippen LogP contribution in [0.1, 0.15) is 17.5 Å². The molecule has 0 radical (unpaired) electrons. The number of benzene rings is 4. The van der Waals surface area contributed by atoms with Crippen molar-refractivity contribution < 1.29 is 8.42 Å². The summed E-state index contributed by atoms with van der Waals surface area (Å²) >= 11 is 1.07. The molecule has 0 aliphatic heterocycles. The zero-order chi connectivity index (χ0) is 23.5. The second-order valence-corrected chi connectivity index (χ2v) is 11.0. The lowest BCUT2D eigenvalue weighted by atomic mass is 10.0. The number of aryl methyl sites for hydroxylation is 1. The highest BCUT2D eigenvalue weighted by molar-refractivity contribution is 7.89. The van der Waals surface area contributed by atoms with Crippen molar-refractivity contribution in [2.45, 2.75) is 24.3 Å². The maximum Gasteiger partial charge on any atom is 0.308 e. The minimum Gasteiger partial charge on any atom is -0.294 e. The fraction of sp³-hybridized carbons (Fsp3) is 0.148. The predicted molar refractivity (Wildman–Crippen MR) is 139 cm³/mol. The SMILES string of the molecule is O=c1sc2cc(S(=O)(=O)NCCCc3cccc4ccccc34)ccc2n1Cc1ccccc1. The van der Waals surface area contributed by atoms with Crippen molar-refractivity contribution in [3.8, 4) is 0 Å². The number of nitrogens with zero attached hydrogens (tertiary/aromatic N) is 1. The number of aromatic nitrogens is 1. The van der Waals surface area contributed by atoms with Crippen LogP contribution in [0.15, 0.2) is 101 Å². The highest BCUT2D eigenvalue weighted by Crippen LogP contribution is 2.23. The van der Waals surface area contributed by atoms with E-state index in [2.05, 4.69) is 29.0 Å². The van der Waals surface area contributed by atoms with Gasteiger partial charge in [-0.25, -0.2) is 13.1 Å². The van der Waals surface area contributed by atoms with Crippen LogP contribution in [0.25, 0.3) is 21.0 Å². The molecule has 34 heavy (non-hydrogen) atoms. The van der Waals surface area contributed by atoms with Crippen LogP contribution in [0.3, 0.4) is 0 Å². The third kappa shape index (κ3) is 4.68. The first-order valence-corrected chi connectivity index (χ1v) is 13.4. The van der Waals surface area contributed by atoms with Gasteiger partial charge in [-0.3, -0.25) is 9.36 Å². The van der Waals surface area contributed by atoms with Gasteiger partial charge >= 0.3 is 4.87 Å². The van der Waals surface area contributed by atoms with Crippen molar-refractivity contribution >= 4 is 42.3 Å². The molecule has 0 atom stereocenters. The summed E-state index contributed by atoms with van der Waals surface area (Å²) in [4.78, 5) is 12.6. The molecule has 0 bridgehead atoms. The lowest BCUT2D eigenvalue weighted by Gasteiger charge is -2.09. The van der Waals surface area contributed by atoms with E-state index in [0.717, 1.165) is 28.8 Å². The van der Waals surface area contributed by atoms with E-state index >= 15 is 0 Å². The Balaban J connectivity index is 1.28. The van der Waals surface area contributed by atoms with Crippen molar-refractivity contribution in [1.82, 2.24) is 9.29 Å². The summed E-state index contributed by atoms with van der Waals surface area (Å²) in [6.07, 6.45) is 1.48. The summed E-state index contributed by atoms with van der Waals surface area (Å²) in [6.45, 7) is 0.799. The average Bonchev–Trinajstić information content (AvgIpc) is 3.16. The van der Waals surface area contributed by atoms with Gasteiger partial charge in [0.05, 0.1) is 21.7 Å². The Morgan fingerprint density at radius 2 is 1.62 bits per heavy atom. The van der Waals surface area contributed by atoms with Crippen molar-refractivity contribution in [2.75, 3.05) is 6.54 Å². The van der Waals surface area contributed by atoms with Gasteiger partial charge in [0.15, 0.2) is 0 Å². The molecule has 0 amide bonds. The molecule has 0 unspecified atom stereocenters. The maximum absolute atomic E-state index is 12.9. The Morgan fingerprint density at radius 3 is 2.47 bits per heavy atom. The summed E-state index contributed by atoms with van der Waals surface area (Å²) in [7, 11) is -3.67. The largest absolute Gasteiger partial charge is 0.308 e. The second-order valence-electron chi connectivity index (χ2n) is 8.21. The lowest BCUT2D eigenvalue weighted by molar-refractivity contribution is 0.579. The van der Waals surface area contributed by atoms with E-state index in [9.17, 15) is 13.2 Å².